The Morgan fingerprint density at radius 3 is 2.95 bits per heavy atom. The minimum absolute atomic E-state index is 0.109. The summed E-state index contributed by atoms with van der Waals surface area (Å²) in [5, 5.41) is 8.76. The van der Waals surface area contributed by atoms with Gasteiger partial charge in [-0.15, -0.1) is 0 Å². The fourth-order valence-electron chi connectivity index (χ4n) is 3.18. The molecule has 3 nitrogen and oxygen atoms in total. The minimum Gasteiger partial charge on any atom is -0.490 e. The third kappa shape index (κ3) is 3.23. The Hall–Kier alpha value is -1.50. The standard InChI is InChI=1S/C18H22O3/c1-14-12-16(6-5-15(14)4-2-10-19)21-17-7-11-20-18(13-17)8-3-9-18/h5-6,12,17,19H,3,7-11,13H2,1H3. The van der Waals surface area contributed by atoms with Crippen molar-refractivity contribution in [2.24, 2.45) is 0 Å². The maximum Gasteiger partial charge on any atom is 0.120 e. The molecule has 112 valence electrons. The highest BCUT2D eigenvalue weighted by Crippen LogP contribution is 2.43. The summed E-state index contributed by atoms with van der Waals surface area (Å²) in [4.78, 5) is 0. The van der Waals surface area contributed by atoms with E-state index in [9.17, 15) is 0 Å². The maximum atomic E-state index is 8.76. The molecule has 3 rings (SSSR count). The van der Waals surface area contributed by atoms with Crippen molar-refractivity contribution in [3.8, 4) is 17.6 Å². The zero-order valence-electron chi connectivity index (χ0n) is 12.5. The second-order valence-corrected chi connectivity index (χ2v) is 6.05. The Bertz CT molecular complexity index is 564. The lowest BCUT2D eigenvalue weighted by molar-refractivity contribution is -0.153. The summed E-state index contributed by atoms with van der Waals surface area (Å²) in [6.07, 6.45) is 5.88. The molecule has 0 amide bonds. The normalized spacial score (nSPS) is 23.0. The molecule has 0 bridgehead atoms. The van der Waals surface area contributed by atoms with Crippen LogP contribution in [0.1, 0.15) is 43.2 Å². The number of aryl methyl sites for hydroxylation is 1. The zero-order chi connectivity index (χ0) is 14.7. The van der Waals surface area contributed by atoms with Gasteiger partial charge in [0.25, 0.3) is 0 Å². The molecule has 1 spiro atoms. The highest BCUT2D eigenvalue weighted by Gasteiger charge is 2.43. The molecule has 1 N–H and O–H groups in total. The molecule has 1 unspecified atom stereocenters. The van der Waals surface area contributed by atoms with Crippen molar-refractivity contribution >= 4 is 0 Å². The van der Waals surface area contributed by atoms with Gasteiger partial charge in [-0.05, 0) is 49.9 Å². The van der Waals surface area contributed by atoms with Crippen molar-refractivity contribution in [1.29, 1.82) is 0 Å². The van der Waals surface area contributed by atoms with E-state index in [-0.39, 0.29) is 18.3 Å². The van der Waals surface area contributed by atoms with Crippen LogP contribution in [-0.2, 0) is 4.74 Å². The summed E-state index contributed by atoms with van der Waals surface area (Å²) < 4.78 is 12.1. The Balaban J connectivity index is 1.66. The summed E-state index contributed by atoms with van der Waals surface area (Å²) in [6.45, 7) is 2.72. The molecule has 0 aromatic heterocycles. The summed E-state index contributed by atoms with van der Waals surface area (Å²) in [7, 11) is 0. The van der Waals surface area contributed by atoms with E-state index in [0.29, 0.717) is 0 Å². The van der Waals surface area contributed by atoms with E-state index in [1.54, 1.807) is 0 Å². The molecule has 0 radical (unpaired) electrons. The van der Waals surface area contributed by atoms with Gasteiger partial charge in [-0.3, -0.25) is 0 Å². The Kier molecular flexibility index (Phi) is 4.19. The van der Waals surface area contributed by atoms with Crippen LogP contribution in [0.15, 0.2) is 18.2 Å². The first-order valence-electron chi connectivity index (χ1n) is 7.72. The van der Waals surface area contributed by atoms with Crippen molar-refractivity contribution in [2.45, 2.75) is 50.7 Å². The summed E-state index contributed by atoms with van der Waals surface area (Å²) in [6, 6.07) is 5.97. The summed E-state index contributed by atoms with van der Waals surface area (Å²) >= 11 is 0. The van der Waals surface area contributed by atoms with Gasteiger partial charge < -0.3 is 14.6 Å². The van der Waals surface area contributed by atoms with Crippen molar-refractivity contribution in [3.63, 3.8) is 0 Å². The molecule has 1 heterocycles. The predicted octanol–water partition coefficient (Wildman–Crippen LogP) is 2.82. The number of aliphatic hydroxyl groups is 1. The monoisotopic (exact) mass is 286 g/mol. The SMILES string of the molecule is Cc1cc(OC2CCOC3(CCC3)C2)ccc1C#CCO. The van der Waals surface area contributed by atoms with Gasteiger partial charge in [-0.25, -0.2) is 0 Å². The first-order valence-corrected chi connectivity index (χ1v) is 7.72. The van der Waals surface area contributed by atoms with Gasteiger partial charge in [0.05, 0.1) is 12.2 Å². The van der Waals surface area contributed by atoms with Gasteiger partial charge in [0, 0.05) is 18.4 Å². The molecular formula is C18H22O3. The van der Waals surface area contributed by atoms with Gasteiger partial charge in [0.1, 0.15) is 18.5 Å². The number of ether oxygens (including phenoxy) is 2. The van der Waals surface area contributed by atoms with E-state index < -0.39 is 0 Å². The lowest BCUT2D eigenvalue weighted by atomic mass is 9.74. The molecule has 1 aliphatic heterocycles. The van der Waals surface area contributed by atoms with Gasteiger partial charge in [-0.1, -0.05) is 11.8 Å². The van der Waals surface area contributed by atoms with Crippen LogP contribution in [0.3, 0.4) is 0 Å². The molecule has 1 atom stereocenters. The number of rotatable bonds is 2. The molecule has 3 heteroatoms. The number of hydrogen-bond acceptors (Lipinski definition) is 3. The van der Waals surface area contributed by atoms with Crippen LogP contribution in [-0.4, -0.2) is 30.0 Å². The first-order chi connectivity index (χ1) is 10.2. The Labute approximate surface area is 126 Å². The topological polar surface area (TPSA) is 38.7 Å². The van der Waals surface area contributed by atoms with Crippen LogP contribution in [0, 0.1) is 18.8 Å². The van der Waals surface area contributed by atoms with Crippen LogP contribution in [0.4, 0.5) is 0 Å². The fraction of sp³-hybridized carbons (Fsp3) is 0.556. The quantitative estimate of drug-likeness (QED) is 0.850. The number of benzene rings is 1. The molecule has 1 aliphatic carbocycles. The van der Waals surface area contributed by atoms with Crippen LogP contribution < -0.4 is 4.74 Å². The van der Waals surface area contributed by atoms with Crippen molar-refractivity contribution in [3.05, 3.63) is 29.3 Å². The zero-order valence-corrected chi connectivity index (χ0v) is 12.5. The van der Waals surface area contributed by atoms with Crippen molar-refractivity contribution in [1.82, 2.24) is 0 Å². The Morgan fingerprint density at radius 2 is 2.29 bits per heavy atom. The first kappa shape index (κ1) is 14.4. The average Bonchev–Trinajstić information content (AvgIpc) is 2.45. The molecule has 21 heavy (non-hydrogen) atoms. The lowest BCUT2D eigenvalue weighted by Gasteiger charge is -2.46. The maximum absolute atomic E-state index is 8.76. The minimum atomic E-state index is -0.109. The molecule has 1 aromatic rings. The molecule has 1 saturated carbocycles. The van der Waals surface area contributed by atoms with Crippen LogP contribution in [0.2, 0.25) is 0 Å². The second-order valence-electron chi connectivity index (χ2n) is 6.05. The van der Waals surface area contributed by atoms with E-state index in [1.165, 1.54) is 19.3 Å². The summed E-state index contributed by atoms with van der Waals surface area (Å²) in [5.41, 5.74) is 2.14. The largest absolute Gasteiger partial charge is 0.490 e. The second kappa shape index (κ2) is 6.09. The molecule has 1 saturated heterocycles. The van der Waals surface area contributed by atoms with Crippen LogP contribution >= 0.6 is 0 Å². The fourth-order valence-corrected chi connectivity index (χ4v) is 3.18. The molecular weight excluding hydrogens is 264 g/mol. The van der Waals surface area contributed by atoms with Gasteiger partial charge in [-0.2, -0.15) is 0 Å². The lowest BCUT2D eigenvalue weighted by Crippen LogP contribution is -2.48. The number of hydrogen-bond donors (Lipinski definition) is 1. The van der Waals surface area contributed by atoms with Crippen molar-refractivity contribution < 1.29 is 14.6 Å². The van der Waals surface area contributed by atoms with Crippen molar-refractivity contribution in [2.75, 3.05) is 13.2 Å². The van der Waals surface area contributed by atoms with Gasteiger partial charge in [0.15, 0.2) is 0 Å². The van der Waals surface area contributed by atoms with Crippen LogP contribution in [0.25, 0.3) is 0 Å². The van der Waals surface area contributed by atoms with Crippen LogP contribution in [0.5, 0.6) is 5.75 Å². The predicted molar refractivity (Wildman–Crippen MR) is 81.3 cm³/mol. The highest BCUT2D eigenvalue weighted by atomic mass is 16.5. The molecule has 2 aliphatic rings. The highest BCUT2D eigenvalue weighted by molar-refractivity contribution is 5.44. The third-order valence-corrected chi connectivity index (χ3v) is 4.52. The summed E-state index contributed by atoms with van der Waals surface area (Å²) in [5.74, 6) is 6.54. The smallest absolute Gasteiger partial charge is 0.120 e. The Morgan fingerprint density at radius 1 is 1.43 bits per heavy atom. The van der Waals surface area contributed by atoms with E-state index in [4.69, 9.17) is 14.6 Å². The average molecular weight is 286 g/mol. The van der Waals surface area contributed by atoms with E-state index in [0.717, 1.165) is 36.3 Å². The number of aliphatic hydroxyl groups excluding tert-OH is 1. The third-order valence-electron chi connectivity index (χ3n) is 4.52. The van der Waals surface area contributed by atoms with E-state index in [2.05, 4.69) is 11.8 Å². The molecule has 1 aromatic carbocycles. The van der Waals surface area contributed by atoms with E-state index >= 15 is 0 Å². The van der Waals surface area contributed by atoms with E-state index in [1.807, 2.05) is 25.1 Å². The molecule has 2 fully saturated rings. The van der Waals surface area contributed by atoms with Gasteiger partial charge in [0.2, 0.25) is 0 Å². The van der Waals surface area contributed by atoms with Gasteiger partial charge >= 0.3 is 0 Å².